The number of aromatic nitrogens is 1. The van der Waals surface area contributed by atoms with Crippen LogP contribution in [0.15, 0.2) is 96.1 Å². The first kappa shape index (κ1) is 46.8. The van der Waals surface area contributed by atoms with Crippen molar-refractivity contribution in [1.82, 2.24) is 36.5 Å². The number of nitrogens with zero attached hydrogens (tertiary/aromatic N) is 2. The number of benzene rings is 3. The molecule has 18 nitrogen and oxygen atoms in total. The van der Waals surface area contributed by atoms with Gasteiger partial charge in [-0.2, -0.15) is 0 Å². The number of hydrogen-bond donors (Lipinski definition) is 9. The van der Waals surface area contributed by atoms with Gasteiger partial charge in [-0.05, 0) is 48.4 Å². The highest BCUT2D eigenvalue weighted by Crippen LogP contribution is 2.20. The first-order valence-electron chi connectivity index (χ1n) is 21.1. The number of nitrogens with one attached hydrogen (secondary N) is 6. The summed E-state index contributed by atoms with van der Waals surface area (Å²) in [6, 6.07) is 20.6. The Kier molecular flexibility index (Phi) is 17.6. The van der Waals surface area contributed by atoms with Crippen LogP contribution in [0.1, 0.15) is 55.2 Å². The molecule has 2 heterocycles. The lowest BCUT2D eigenvalue weighted by Gasteiger charge is -2.29. The zero-order chi connectivity index (χ0) is 45.1. The lowest BCUT2D eigenvalue weighted by Crippen LogP contribution is -2.59. The number of hydrogen-bond acceptors (Lipinski definition) is 8. The molecule has 18 heteroatoms. The number of H-pyrrole nitrogens is 1. The van der Waals surface area contributed by atoms with Crippen molar-refractivity contribution in [1.29, 1.82) is 0 Å². The van der Waals surface area contributed by atoms with Crippen molar-refractivity contribution in [2.24, 2.45) is 22.2 Å². The molecule has 334 valence electrons. The zero-order valence-electron chi connectivity index (χ0n) is 35.1. The van der Waals surface area contributed by atoms with Crippen molar-refractivity contribution in [3.05, 3.63) is 108 Å². The van der Waals surface area contributed by atoms with E-state index in [1.165, 1.54) is 4.90 Å². The highest BCUT2D eigenvalue weighted by atomic mass is 16.2. The van der Waals surface area contributed by atoms with Gasteiger partial charge in [-0.15, -0.1) is 0 Å². The van der Waals surface area contributed by atoms with Crippen molar-refractivity contribution < 1.29 is 33.6 Å². The largest absolute Gasteiger partial charge is 0.370 e. The molecular formula is C45H57N11O7. The van der Waals surface area contributed by atoms with E-state index < -0.39 is 66.2 Å². The van der Waals surface area contributed by atoms with Crippen LogP contribution in [0.25, 0.3) is 10.9 Å². The number of fused-ring (bicyclic) bond motifs is 1. The summed E-state index contributed by atoms with van der Waals surface area (Å²) < 4.78 is 0. The van der Waals surface area contributed by atoms with E-state index in [1.54, 1.807) is 30.5 Å². The molecule has 7 amide bonds. The predicted octanol–water partition coefficient (Wildman–Crippen LogP) is 0.193. The maximum atomic E-state index is 14.5. The number of carbonyl (C=O) groups is 7. The number of carbonyl (C=O) groups excluding carboxylic acids is 7. The van der Waals surface area contributed by atoms with Crippen LogP contribution in [0.3, 0.4) is 0 Å². The number of primary amides is 1. The monoisotopic (exact) mass is 863 g/mol. The maximum Gasteiger partial charge on any atom is 0.245 e. The summed E-state index contributed by atoms with van der Waals surface area (Å²) in [6.45, 7) is -0.200. The summed E-state index contributed by atoms with van der Waals surface area (Å²) in [5, 5.41) is 14.9. The maximum absolute atomic E-state index is 14.5. The summed E-state index contributed by atoms with van der Waals surface area (Å²) in [5.74, 6) is -4.43. The average Bonchev–Trinajstić information content (AvgIpc) is 3.67. The Hall–Kier alpha value is -7.24. The van der Waals surface area contributed by atoms with Crippen LogP contribution in [0.4, 0.5) is 0 Å². The van der Waals surface area contributed by atoms with Crippen LogP contribution < -0.4 is 43.8 Å². The fourth-order valence-electron chi connectivity index (χ4n) is 7.37. The van der Waals surface area contributed by atoms with E-state index in [2.05, 4.69) is 36.6 Å². The quantitative estimate of drug-likeness (QED) is 0.0533. The van der Waals surface area contributed by atoms with Crippen molar-refractivity contribution in [3.63, 3.8) is 0 Å². The van der Waals surface area contributed by atoms with E-state index in [1.807, 2.05) is 60.7 Å². The molecule has 12 N–H and O–H groups in total. The molecule has 0 bridgehead atoms. The second kappa shape index (κ2) is 23.7. The number of rotatable bonds is 12. The van der Waals surface area contributed by atoms with Gasteiger partial charge in [0.2, 0.25) is 41.4 Å². The minimum atomic E-state index is -1.27. The van der Waals surface area contributed by atoms with Gasteiger partial charge in [0.15, 0.2) is 5.96 Å². The Balaban J connectivity index is 1.52. The molecule has 0 aliphatic carbocycles. The number of guanidine groups is 1. The first-order valence-corrected chi connectivity index (χ1v) is 21.1. The second-order valence-electron chi connectivity index (χ2n) is 15.5. The summed E-state index contributed by atoms with van der Waals surface area (Å²) in [4.78, 5) is 104. The van der Waals surface area contributed by atoms with Crippen molar-refractivity contribution in [2.45, 2.75) is 82.0 Å². The molecule has 1 aliphatic rings. The van der Waals surface area contributed by atoms with Crippen LogP contribution >= 0.6 is 0 Å². The Bertz CT molecular complexity index is 2230. The topological polar surface area (TPSA) is 289 Å². The van der Waals surface area contributed by atoms with Gasteiger partial charge in [-0.1, -0.05) is 78.9 Å². The number of amides is 7. The van der Waals surface area contributed by atoms with Crippen LogP contribution in [0, 0.1) is 0 Å². The van der Waals surface area contributed by atoms with E-state index in [0.717, 1.165) is 16.5 Å². The van der Waals surface area contributed by atoms with Crippen molar-refractivity contribution in [2.75, 3.05) is 26.2 Å². The van der Waals surface area contributed by atoms with Gasteiger partial charge in [-0.25, -0.2) is 0 Å². The third-order valence-corrected chi connectivity index (χ3v) is 10.5. The van der Waals surface area contributed by atoms with Gasteiger partial charge >= 0.3 is 0 Å². The molecule has 1 saturated heterocycles. The standard InChI is InChI=1S/C45H57N11O7/c46-38(57)28-56-23-11-22-49-39(58)19-9-20-40(59)52-35(24-29-12-3-1-4-13-29)42(61)54-36(25-30-14-5-2-6-15-30)43(62)53-34(18-10-21-50-45(47)48)41(60)55-37(44(56)63)26-31-27-51-33-17-8-7-16-32(31)33/h1-8,12-17,27,34-37,51H,9-11,18-26,28H2,(H2,46,57)(H,49,58)(H,52,59)(H,53,62)(H,54,61)(H,55,60)(H4,47,48,50)/t34-,35-,36+,37-/m0/s1. The number of nitrogens with two attached hydrogens (primary N) is 3. The zero-order valence-corrected chi connectivity index (χ0v) is 35.1. The van der Waals surface area contributed by atoms with E-state index in [-0.39, 0.29) is 89.3 Å². The summed E-state index contributed by atoms with van der Waals surface area (Å²) in [6.07, 6.45) is 2.48. The second-order valence-corrected chi connectivity index (χ2v) is 15.5. The Morgan fingerprint density at radius 1 is 0.651 bits per heavy atom. The third-order valence-electron chi connectivity index (χ3n) is 10.5. The minimum absolute atomic E-state index is 0.00351. The smallest absolute Gasteiger partial charge is 0.245 e. The molecular weight excluding hydrogens is 807 g/mol. The molecule has 4 atom stereocenters. The van der Waals surface area contributed by atoms with Gasteiger partial charge in [0.05, 0.1) is 6.54 Å². The molecule has 0 radical (unpaired) electrons. The van der Waals surface area contributed by atoms with Gasteiger partial charge < -0.3 is 53.7 Å². The lowest BCUT2D eigenvalue weighted by atomic mass is 10.0. The molecule has 4 aromatic rings. The molecule has 1 aliphatic heterocycles. The first-order chi connectivity index (χ1) is 30.4. The number of aliphatic imine (C=N–C) groups is 1. The van der Waals surface area contributed by atoms with E-state index in [4.69, 9.17) is 17.2 Å². The predicted molar refractivity (Wildman–Crippen MR) is 237 cm³/mol. The fraction of sp³-hybridized carbons (Fsp3) is 0.378. The van der Waals surface area contributed by atoms with Crippen LogP contribution in [-0.2, 0) is 52.8 Å². The normalized spacial score (nSPS) is 20.2. The van der Waals surface area contributed by atoms with Crippen molar-refractivity contribution >= 4 is 58.2 Å². The summed E-state index contributed by atoms with van der Waals surface area (Å²) >= 11 is 0. The van der Waals surface area contributed by atoms with E-state index in [0.29, 0.717) is 11.1 Å². The van der Waals surface area contributed by atoms with E-state index in [9.17, 15) is 33.6 Å². The molecule has 0 spiro atoms. The van der Waals surface area contributed by atoms with E-state index >= 15 is 0 Å². The van der Waals surface area contributed by atoms with Gasteiger partial charge in [0, 0.05) is 68.8 Å². The van der Waals surface area contributed by atoms with Crippen LogP contribution in [0.5, 0.6) is 0 Å². The Morgan fingerprint density at radius 3 is 1.87 bits per heavy atom. The average molecular weight is 864 g/mol. The summed E-state index contributed by atoms with van der Waals surface area (Å²) in [5.41, 5.74) is 19.7. The van der Waals surface area contributed by atoms with Crippen LogP contribution in [-0.4, -0.2) is 108 Å². The van der Waals surface area contributed by atoms with Gasteiger partial charge in [-0.3, -0.25) is 38.6 Å². The lowest BCUT2D eigenvalue weighted by molar-refractivity contribution is -0.139. The Morgan fingerprint density at radius 2 is 1.22 bits per heavy atom. The third kappa shape index (κ3) is 15.0. The molecule has 1 fully saturated rings. The summed E-state index contributed by atoms with van der Waals surface area (Å²) in [7, 11) is 0. The van der Waals surface area contributed by atoms with Gasteiger partial charge in [0.25, 0.3) is 0 Å². The Labute approximate surface area is 365 Å². The SMILES string of the molecule is NC(=O)CN1CCCNC(=O)CCCC(=O)N[C@@H](Cc2ccccc2)C(=O)N[C@H](Cc2ccccc2)C(=O)N[C@@H](CCCN=C(N)N)C(=O)N[C@@H](Cc2c[nH]c3ccccc23)C1=O. The molecule has 0 unspecified atom stereocenters. The molecule has 0 saturated carbocycles. The number of aromatic amines is 1. The minimum Gasteiger partial charge on any atom is -0.370 e. The molecule has 3 aromatic carbocycles. The molecule has 5 rings (SSSR count). The molecule has 63 heavy (non-hydrogen) atoms. The van der Waals surface area contributed by atoms with Crippen molar-refractivity contribution in [3.8, 4) is 0 Å². The fourth-order valence-corrected chi connectivity index (χ4v) is 7.37. The van der Waals surface area contributed by atoms with Gasteiger partial charge in [0.1, 0.15) is 24.2 Å². The highest BCUT2D eigenvalue weighted by Gasteiger charge is 2.34. The van der Waals surface area contributed by atoms with Crippen LogP contribution in [0.2, 0.25) is 0 Å². The highest BCUT2D eigenvalue weighted by molar-refractivity contribution is 5.97. The molecule has 1 aromatic heterocycles. The number of para-hydroxylation sites is 1.